The molecule has 0 unspecified atom stereocenters. The van der Waals surface area contributed by atoms with Gasteiger partial charge in [-0.15, -0.1) is 0 Å². The molecule has 0 bridgehead atoms. The molecule has 39 heavy (non-hydrogen) atoms. The molecule has 3 heterocycles. The Kier molecular flexibility index (Phi) is 10.6. The van der Waals surface area contributed by atoms with Gasteiger partial charge >= 0.3 is 5.69 Å². The van der Waals surface area contributed by atoms with Crippen molar-refractivity contribution in [2.24, 2.45) is 17.8 Å². The Hall–Kier alpha value is -2.66. The monoisotopic (exact) mass is 545 g/mol. The molecule has 1 aromatic heterocycles. The SMILES string of the molecule is CCO[C@@H]1OC(C(=O)N2CCC(n3c(=O)[nH]c4ccccc43)CC2)=C[C@H](C(C)C)[C@@H]1CCOCCOCCO. The van der Waals surface area contributed by atoms with Crippen molar-refractivity contribution in [2.75, 3.05) is 52.7 Å². The number of likely N-dealkylation sites (tertiary alicyclic amines) is 1. The van der Waals surface area contributed by atoms with Crippen LogP contribution < -0.4 is 5.69 Å². The molecule has 216 valence electrons. The quantitative estimate of drug-likeness (QED) is 0.372. The summed E-state index contributed by atoms with van der Waals surface area (Å²) in [5.41, 5.74) is 1.63. The van der Waals surface area contributed by atoms with Gasteiger partial charge < -0.3 is 33.9 Å². The summed E-state index contributed by atoms with van der Waals surface area (Å²) in [5, 5.41) is 8.80. The van der Waals surface area contributed by atoms with Gasteiger partial charge in [0.25, 0.3) is 5.91 Å². The van der Waals surface area contributed by atoms with E-state index < -0.39 is 6.29 Å². The predicted octanol–water partition coefficient (Wildman–Crippen LogP) is 3.07. The Morgan fingerprint density at radius 3 is 2.54 bits per heavy atom. The zero-order valence-electron chi connectivity index (χ0n) is 23.3. The molecular weight excluding hydrogens is 502 g/mol. The summed E-state index contributed by atoms with van der Waals surface area (Å²) in [5.74, 6) is 0.678. The highest BCUT2D eigenvalue weighted by Crippen LogP contribution is 2.37. The van der Waals surface area contributed by atoms with Gasteiger partial charge in [0.2, 0.25) is 6.29 Å². The summed E-state index contributed by atoms with van der Waals surface area (Å²) in [4.78, 5) is 31.0. The first kappa shape index (κ1) is 29.3. The normalized spacial score (nSPS) is 22.3. The van der Waals surface area contributed by atoms with Gasteiger partial charge in [0, 0.05) is 38.3 Å². The lowest BCUT2D eigenvalue weighted by Crippen LogP contribution is -2.45. The number of aromatic amines is 1. The average Bonchev–Trinajstić information content (AvgIpc) is 3.28. The van der Waals surface area contributed by atoms with E-state index in [2.05, 4.69) is 18.8 Å². The van der Waals surface area contributed by atoms with Crippen molar-refractivity contribution in [3.63, 3.8) is 0 Å². The zero-order valence-corrected chi connectivity index (χ0v) is 23.3. The lowest BCUT2D eigenvalue weighted by atomic mass is 9.79. The number of allylic oxidation sites excluding steroid dienone is 1. The first-order valence-corrected chi connectivity index (χ1v) is 14.2. The third kappa shape index (κ3) is 7.11. The van der Waals surface area contributed by atoms with Crippen molar-refractivity contribution >= 4 is 16.9 Å². The first-order chi connectivity index (χ1) is 18.9. The molecule has 0 saturated carbocycles. The molecule has 2 aliphatic rings. The van der Waals surface area contributed by atoms with Crippen LogP contribution in [0.1, 0.15) is 46.1 Å². The van der Waals surface area contributed by atoms with Crippen LogP contribution in [0.4, 0.5) is 0 Å². The summed E-state index contributed by atoms with van der Waals surface area (Å²) in [6.45, 7) is 9.55. The van der Waals surface area contributed by atoms with Gasteiger partial charge in [-0.3, -0.25) is 9.36 Å². The Bertz CT molecular complexity index is 1150. The fourth-order valence-corrected chi connectivity index (χ4v) is 5.72. The predicted molar refractivity (Wildman–Crippen MR) is 147 cm³/mol. The third-order valence-electron chi connectivity index (χ3n) is 7.69. The number of aromatic nitrogens is 2. The topological polar surface area (TPSA) is 115 Å². The minimum Gasteiger partial charge on any atom is -0.459 e. The molecule has 2 aliphatic heterocycles. The summed E-state index contributed by atoms with van der Waals surface area (Å²) in [6, 6.07) is 7.75. The van der Waals surface area contributed by atoms with E-state index in [0.29, 0.717) is 64.7 Å². The van der Waals surface area contributed by atoms with Crippen LogP contribution in [0.25, 0.3) is 11.0 Å². The number of hydrogen-bond donors (Lipinski definition) is 2. The highest BCUT2D eigenvalue weighted by atomic mass is 16.7. The number of amides is 1. The second kappa shape index (κ2) is 14.1. The van der Waals surface area contributed by atoms with Crippen molar-refractivity contribution in [1.29, 1.82) is 0 Å². The summed E-state index contributed by atoms with van der Waals surface area (Å²) < 4.78 is 25.0. The molecule has 2 aromatic rings. The molecule has 2 N–H and O–H groups in total. The fourth-order valence-electron chi connectivity index (χ4n) is 5.72. The number of hydrogen-bond acceptors (Lipinski definition) is 7. The lowest BCUT2D eigenvalue weighted by Gasteiger charge is -2.40. The van der Waals surface area contributed by atoms with E-state index in [1.807, 2.05) is 46.7 Å². The molecule has 1 fully saturated rings. The Balaban J connectivity index is 1.39. The second-order valence-corrected chi connectivity index (χ2v) is 10.5. The van der Waals surface area contributed by atoms with Gasteiger partial charge in [-0.2, -0.15) is 0 Å². The van der Waals surface area contributed by atoms with Gasteiger partial charge in [-0.25, -0.2) is 4.79 Å². The average molecular weight is 546 g/mol. The second-order valence-electron chi connectivity index (χ2n) is 10.5. The molecule has 4 rings (SSSR count). The molecule has 3 atom stereocenters. The van der Waals surface area contributed by atoms with Crippen LogP contribution in [0.3, 0.4) is 0 Å². The summed E-state index contributed by atoms with van der Waals surface area (Å²) >= 11 is 0. The maximum Gasteiger partial charge on any atom is 0.326 e. The van der Waals surface area contributed by atoms with Crippen LogP contribution in [0.2, 0.25) is 0 Å². The smallest absolute Gasteiger partial charge is 0.326 e. The number of benzene rings is 1. The lowest BCUT2D eigenvalue weighted by molar-refractivity contribution is -0.180. The van der Waals surface area contributed by atoms with E-state index >= 15 is 0 Å². The largest absolute Gasteiger partial charge is 0.459 e. The van der Waals surface area contributed by atoms with Gasteiger partial charge in [-0.05, 0) is 56.2 Å². The Morgan fingerprint density at radius 2 is 1.85 bits per heavy atom. The number of aliphatic hydroxyl groups is 1. The van der Waals surface area contributed by atoms with Crippen LogP contribution in [0.5, 0.6) is 0 Å². The standard InChI is InChI=1S/C29H43N3O7/c1-4-38-28-22(11-15-36-17-18-37-16-14-33)23(20(2)3)19-26(39-28)27(34)31-12-9-21(10-13-31)32-25-8-6-5-7-24(25)30-29(32)35/h5-8,19-23,28,33H,4,9-18H2,1-3H3,(H,30,35)/t22-,23+,28+/m0/s1. The van der Waals surface area contributed by atoms with E-state index in [9.17, 15) is 9.59 Å². The van der Waals surface area contributed by atoms with Crippen LogP contribution >= 0.6 is 0 Å². The van der Waals surface area contributed by atoms with Crippen LogP contribution in [0, 0.1) is 17.8 Å². The first-order valence-electron chi connectivity index (χ1n) is 14.2. The number of rotatable bonds is 13. The fraction of sp³-hybridized carbons (Fsp3) is 0.655. The maximum atomic E-state index is 13.6. The molecular formula is C29H43N3O7. The number of carbonyl (C=O) groups is 1. The molecule has 0 spiro atoms. The third-order valence-corrected chi connectivity index (χ3v) is 7.69. The van der Waals surface area contributed by atoms with Gasteiger partial charge in [0.1, 0.15) is 0 Å². The minimum absolute atomic E-state index is 0.00103. The van der Waals surface area contributed by atoms with E-state index in [0.717, 1.165) is 17.5 Å². The van der Waals surface area contributed by atoms with E-state index in [1.54, 1.807) is 0 Å². The van der Waals surface area contributed by atoms with E-state index in [-0.39, 0.29) is 42.0 Å². The highest BCUT2D eigenvalue weighted by Gasteiger charge is 2.40. The van der Waals surface area contributed by atoms with Crippen molar-refractivity contribution < 1.29 is 28.8 Å². The van der Waals surface area contributed by atoms with Crippen LogP contribution in [-0.4, -0.2) is 84.5 Å². The number of carbonyl (C=O) groups excluding carboxylic acids is 1. The number of para-hydroxylation sites is 2. The van der Waals surface area contributed by atoms with Crippen molar-refractivity contribution in [2.45, 2.75) is 52.4 Å². The number of imidazole rings is 1. The van der Waals surface area contributed by atoms with Crippen LogP contribution in [0.15, 0.2) is 40.9 Å². The van der Waals surface area contributed by atoms with Crippen molar-refractivity contribution in [3.8, 4) is 0 Å². The number of nitrogens with zero attached hydrogens (tertiary/aromatic N) is 2. The highest BCUT2D eigenvalue weighted by molar-refractivity contribution is 5.91. The number of ether oxygens (including phenoxy) is 4. The van der Waals surface area contributed by atoms with Crippen molar-refractivity contribution in [3.05, 3.63) is 46.6 Å². The van der Waals surface area contributed by atoms with Gasteiger partial charge in [0.15, 0.2) is 5.76 Å². The zero-order chi connectivity index (χ0) is 27.8. The molecule has 1 amide bonds. The van der Waals surface area contributed by atoms with E-state index in [4.69, 9.17) is 24.1 Å². The molecule has 1 aromatic carbocycles. The number of nitrogens with one attached hydrogen (secondary N) is 1. The number of H-pyrrole nitrogens is 1. The van der Waals surface area contributed by atoms with Gasteiger partial charge in [0.05, 0.1) is 37.5 Å². The molecule has 0 radical (unpaired) electrons. The molecule has 10 nitrogen and oxygen atoms in total. The van der Waals surface area contributed by atoms with E-state index in [1.165, 1.54) is 0 Å². The Labute approximate surface area is 229 Å². The molecule has 1 saturated heterocycles. The Morgan fingerprint density at radius 1 is 1.13 bits per heavy atom. The summed E-state index contributed by atoms with van der Waals surface area (Å²) in [6.07, 6.45) is 3.59. The number of fused-ring (bicyclic) bond motifs is 1. The molecule has 0 aliphatic carbocycles. The minimum atomic E-state index is -0.525. The van der Waals surface area contributed by atoms with Gasteiger partial charge in [-0.1, -0.05) is 26.0 Å². The van der Waals surface area contributed by atoms with Crippen molar-refractivity contribution in [1.82, 2.24) is 14.5 Å². The number of aliphatic hydroxyl groups excluding tert-OH is 1. The molecule has 10 heteroatoms. The maximum absolute atomic E-state index is 13.6. The number of piperidine rings is 1. The van der Waals surface area contributed by atoms with Crippen LogP contribution in [-0.2, 0) is 23.7 Å². The summed E-state index contributed by atoms with van der Waals surface area (Å²) in [7, 11) is 0.